The van der Waals surface area contributed by atoms with E-state index in [1.54, 1.807) is 18.2 Å². The van der Waals surface area contributed by atoms with E-state index >= 15 is 0 Å². The number of rotatable bonds is 5. The predicted octanol–water partition coefficient (Wildman–Crippen LogP) is 5.44. The van der Waals surface area contributed by atoms with Gasteiger partial charge in [0.25, 0.3) is 0 Å². The molecule has 0 bridgehead atoms. The topological polar surface area (TPSA) is 21.3 Å². The van der Waals surface area contributed by atoms with Gasteiger partial charge in [0.05, 0.1) is 17.2 Å². The zero-order chi connectivity index (χ0) is 15.4. The molecule has 2 rings (SSSR count). The summed E-state index contributed by atoms with van der Waals surface area (Å²) in [5.74, 6) is 0.430. The van der Waals surface area contributed by atoms with Crippen molar-refractivity contribution in [3.05, 3.63) is 58.9 Å². The lowest BCUT2D eigenvalue weighted by atomic mass is 10.1. The lowest BCUT2D eigenvalue weighted by molar-refractivity contribution is 0.242. The molecule has 1 unspecified atom stereocenters. The second-order valence-corrected chi connectivity index (χ2v) is 5.61. The molecule has 1 N–H and O–H groups in total. The summed E-state index contributed by atoms with van der Waals surface area (Å²) in [4.78, 5) is 0. The maximum atomic E-state index is 13.7. The van der Waals surface area contributed by atoms with Gasteiger partial charge in [0.1, 0.15) is 11.6 Å². The third-order valence-electron chi connectivity index (χ3n) is 3.05. The van der Waals surface area contributed by atoms with Crippen LogP contribution >= 0.6 is 11.6 Å². The molecule has 0 amide bonds. The fourth-order valence-corrected chi connectivity index (χ4v) is 2.32. The predicted molar refractivity (Wildman–Crippen MR) is 85.7 cm³/mol. The first-order valence-electron chi connectivity index (χ1n) is 6.94. The summed E-state index contributed by atoms with van der Waals surface area (Å²) in [5, 5.41) is 3.78. The van der Waals surface area contributed by atoms with Crippen LogP contribution in [-0.4, -0.2) is 6.10 Å². The minimum atomic E-state index is -0.219. The highest BCUT2D eigenvalue weighted by Crippen LogP contribution is 2.30. The van der Waals surface area contributed by atoms with Crippen LogP contribution in [0.2, 0.25) is 5.02 Å². The molecule has 2 aromatic rings. The maximum absolute atomic E-state index is 13.7. The number of benzene rings is 2. The van der Waals surface area contributed by atoms with Gasteiger partial charge in [-0.25, -0.2) is 4.39 Å². The van der Waals surface area contributed by atoms with E-state index in [0.29, 0.717) is 16.3 Å². The highest BCUT2D eigenvalue weighted by atomic mass is 35.5. The second kappa shape index (κ2) is 6.81. The Balaban J connectivity index is 2.13. The Morgan fingerprint density at radius 2 is 1.81 bits per heavy atom. The fourth-order valence-electron chi connectivity index (χ4n) is 2.09. The summed E-state index contributed by atoms with van der Waals surface area (Å²) in [7, 11) is 0. The van der Waals surface area contributed by atoms with Gasteiger partial charge in [0.15, 0.2) is 0 Å². The van der Waals surface area contributed by atoms with Gasteiger partial charge in [-0.2, -0.15) is 0 Å². The van der Waals surface area contributed by atoms with Crippen molar-refractivity contribution in [2.45, 2.75) is 32.9 Å². The standard InChI is InChI=1S/C17H19ClFNO/c1-11(2)21-17-9-8-13(10-15(17)18)20-12(3)14-6-4-5-7-16(14)19/h4-12,20H,1-3H3. The van der Waals surface area contributed by atoms with E-state index in [1.807, 2.05) is 39.0 Å². The minimum absolute atomic E-state index is 0.0682. The fraction of sp³-hybridized carbons (Fsp3) is 0.294. The minimum Gasteiger partial charge on any atom is -0.489 e. The van der Waals surface area contributed by atoms with Crippen LogP contribution < -0.4 is 10.1 Å². The molecule has 112 valence electrons. The van der Waals surface area contributed by atoms with Crippen LogP contribution in [-0.2, 0) is 0 Å². The monoisotopic (exact) mass is 307 g/mol. The largest absolute Gasteiger partial charge is 0.489 e. The molecule has 2 nitrogen and oxygen atoms in total. The van der Waals surface area contributed by atoms with Crippen molar-refractivity contribution in [1.29, 1.82) is 0 Å². The Kier molecular flexibility index (Phi) is 5.07. The van der Waals surface area contributed by atoms with Crippen LogP contribution in [0.25, 0.3) is 0 Å². The smallest absolute Gasteiger partial charge is 0.138 e. The van der Waals surface area contributed by atoms with Crippen molar-refractivity contribution in [2.75, 3.05) is 5.32 Å². The van der Waals surface area contributed by atoms with Crippen molar-refractivity contribution in [2.24, 2.45) is 0 Å². The highest BCUT2D eigenvalue weighted by molar-refractivity contribution is 6.32. The zero-order valence-electron chi connectivity index (χ0n) is 12.4. The number of halogens is 2. The van der Waals surface area contributed by atoms with Crippen LogP contribution in [0.5, 0.6) is 5.75 Å². The molecule has 4 heteroatoms. The third-order valence-corrected chi connectivity index (χ3v) is 3.34. The molecule has 2 aromatic carbocycles. The van der Waals surface area contributed by atoms with Gasteiger partial charge >= 0.3 is 0 Å². The van der Waals surface area contributed by atoms with Gasteiger partial charge in [-0.05, 0) is 45.0 Å². The van der Waals surface area contributed by atoms with Gasteiger partial charge in [-0.15, -0.1) is 0 Å². The molecule has 0 saturated heterocycles. The highest BCUT2D eigenvalue weighted by Gasteiger charge is 2.11. The van der Waals surface area contributed by atoms with E-state index in [4.69, 9.17) is 16.3 Å². The lowest BCUT2D eigenvalue weighted by Gasteiger charge is -2.18. The average Bonchev–Trinajstić information content (AvgIpc) is 2.42. The molecular formula is C17H19ClFNO. The third kappa shape index (κ3) is 4.11. The van der Waals surface area contributed by atoms with Crippen LogP contribution in [0.4, 0.5) is 10.1 Å². The molecule has 0 radical (unpaired) electrons. The van der Waals surface area contributed by atoms with Crippen molar-refractivity contribution in [3.8, 4) is 5.75 Å². The molecule has 0 spiro atoms. The number of hydrogen-bond donors (Lipinski definition) is 1. The van der Waals surface area contributed by atoms with E-state index in [9.17, 15) is 4.39 Å². The summed E-state index contributed by atoms with van der Waals surface area (Å²) < 4.78 is 19.3. The Morgan fingerprint density at radius 1 is 1.10 bits per heavy atom. The first kappa shape index (κ1) is 15.6. The summed E-state index contributed by atoms with van der Waals surface area (Å²) >= 11 is 6.20. The average molecular weight is 308 g/mol. The number of hydrogen-bond acceptors (Lipinski definition) is 2. The summed E-state index contributed by atoms with van der Waals surface area (Å²) in [5.41, 5.74) is 1.45. The Labute approximate surface area is 129 Å². The van der Waals surface area contributed by atoms with Crippen molar-refractivity contribution >= 4 is 17.3 Å². The summed E-state index contributed by atoms with van der Waals surface area (Å²) in [6.45, 7) is 5.80. The zero-order valence-corrected chi connectivity index (χ0v) is 13.1. The van der Waals surface area contributed by atoms with Crippen LogP contribution in [0.3, 0.4) is 0 Å². The van der Waals surface area contributed by atoms with Crippen LogP contribution in [0, 0.1) is 5.82 Å². The molecule has 0 aliphatic carbocycles. The van der Waals surface area contributed by atoms with Crippen molar-refractivity contribution < 1.29 is 9.13 Å². The Morgan fingerprint density at radius 3 is 2.43 bits per heavy atom. The van der Waals surface area contributed by atoms with Gasteiger partial charge in [-0.1, -0.05) is 29.8 Å². The Bertz CT molecular complexity index is 615. The molecular weight excluding hydrogens is 289 g/mol. The molecule has 21 heavy (non-hydrogen) atoms. The summed E-state index contributed by atoms with van der Waals surface area (Å²) in [6.07, 6.45) is 0.0682. The SMILES string of the molecule is CC(C)Oc1ccc(NC(C)c2ccccc2F)cc1Cl. The maximum Gasteiger partial charge on any atom is 0.138 e. The molecule has 0 heterocycles. The van der Waals surface area contributed by atoms with E-state index in [-0.39, 0.29) is 18.0 Å². The van der Waals surface area contributed by atoms with Crippen molar-refractivity contribution in [1.82, 2.24) is 0 Å². The summed E-state index contributed by atoms with van der Waals surface area (Å²) in [6, 6.07) is 12.1. The molecule has 1 atom stereocenters. The van der Waals surface area contributed by atoms with Gasteiger partial charge < -0.3 is 10.1 Å². The van der Waals surface area contributed by atoms with Crippen LogP contribution in [0.1, 0.15) is 32.4 Å². The first-order chi connectivity index (χ1) is 9.97. The van der Waals surface area contributed by atoms with Crippen molar-refractivity contribution in [3.63, 3.8) is 0 Å². The van der Waals surface area contributed by atoms with E-state index < -0.39 is 0 Å². The quantitative estimate of drug-likeness (QED) is 0.794. The van der Waals surface area contributed by atoms with Gasteiger partial charge in [0.2, 0.25) is 0 Å². The van der Waals surface area contributed by atoms with Gasteiger partial charge in [0, 0.05) is 11.3 Å². The molecule has 0 fully saturated rings. The first-order valence-corrected chi connectivity index (χ1v) is 7.32. The molecule has 0 aliphatic rings. The Hall–Kier alpha value is -1.74. The number of nitrogens with one attached hydrogen (secondary N) is 1. The van der Waals surface area contributed by atoms with Gasteiger partial charge in [-0.3, -0.25) is 0 Å². The second-order valence-electron chi connectivity index (χ2n) is 5.20. The molecule has 0 aromatic heterocycles. The van der Waals surface area contributed by atoms with E-state index in [1.165, 1.54) is 6.07 Å². The number of ether oxygens (including phenoxy) is 1. The van der Waals surface area contributed by atoms with Crippen LogP contribution in [0.15, 0.2) is 42.5 Å². The molecule has 0 aliphatic heterocycles. The number of anilines is 1. The lowest BCUT2D eigenvalue weighted by Crippen LogP contribution is -2.09. The van der Waals surface area contributed by atoms with E-state index in [2.05, 4.69) is 5.32 Å². The molecule has 0 saturated carbocycles. The van der Waals surface area contributed by atoms with E-state index in [0.717, 1.165) is 5.69 Å². The normalized spacial score (nSPS) is 12.3.